The summed E-state index contributed by atoms with van der Waals surface area (Å²) in [7, 11) is 1.71. The fourth-order valence-electron chi connectivity index (χ4n) is 4.14. The van der Waals surface area contributed by atoms with Crippen LogP contribution in [0.15, 0.2) is 47.5 Å². The topological polar surface area (TPSA) is 71.2 Å². The summed E-state index contributed by atoms with van der Waals surface area (Å²) in [5.74, 6) is 0.859. The molecule has 1 aliphatic rings. The van der Waals surface area contributed by atoms with Crippen LogP contribution in [0.4, 0.5) is 5.88 Å². The van der Waals surface area contributed by atoms with Crippen molar-refractivity contribution >= 4 is 5.88 Å². The van der Waals surface area contributed by atoms with Crippen molar-refractivity contribution < 1.29 is 19.1 Å². The van der Waals surface area contributed by atoms with Crippen LogP contribution >= 0.6 is 0 Å². The number of aliphatic hydroxyl groups is 1. The molecule has 0 unspecified atom stereocenters. The van der Waals surface area contributed by atoms with Crippen LogP contribution in [0, 0.1) is 0 Å². The SMILES string of the molecule is C=CCOC[C@H](O)CN(CCCOC)Cc1c(-c2ccccc2)noc1N1CCCCC1. The molecule has 1 aliphatic heterocycles. The van der Waals surface area contributed by atoms with E-state index in [1.54, 1.807) is 13.2 Å². The van der Waals surface area contributed by atoms with Crippen LogP contribution in [-0.2, 0) is 16.0 Å². The number of benzene rings is 1. The third kappa shape index (κ3) is 7.17. The lowest BCUT2D eigenvalue weighted by molar-refractivity contribution is 0.0230. The Morgan fingerprint density at radius 2 is 2.03 bits per heavy atom. The second-order valence-electron chi connectivity index (χ2n) is 8.29. The number of rotatable bonds is 14. The second kappa shape index (κ2) is 13.4. The summed E-state index contributed by atoms with van der Waals surface area (Å²) < 4.78 is 16.6. The molecular formula is C25H37N3O4. The van der Waals surface area contributed by atoms with Gasteiger partial charge in [0.2, 0.25) is 5.88 Å². The third-order valence-electron chi connectivity index (χ3n) is 5.68. The van der Waals surface area contributed by atoms with E-state index in [1.165, 1.54) is 6.42 Å². The quantitative estimate of drug-likeness (QED) is 0.352. The molecule has 3 rings (SSSR count). The molecule has 1 saturated heterocycles. The van der Waals surface area contributed by atoms with Crippen LogP contribution in [0.5, 0.6) is 0 Å². The Balaban J connectivity index is 1.83. The zero-order valence-electron chi connectivity index (χ0n) is 19.2. The van der Waals surface area contributed by atoms with Gasteiger partial charge in [-0.2, -0.15) is 0 Å². The van der Waals surface area contributed by atoms with Gasteiger partial charge in [0.15, 0.2) is 0 Å². The van der Waals surface area contributed by atoms with Crippen LogP contribution in [0.3, 0.4) is 0 Å². The number of anilines is 1. The molecule has 0 aliphatic carbocycles. The zero-order chi connectivity index (χ0) is 22.6. The van der Waals surface area contributed by atoms with Crippen molar-refractivity contribution in [2.75, 3.05) is 58.0 Å². The number of hydrogen-bond acceptors (Lipinski definition) is 7. The Hall–Kier alpha value is -2.19. The Kier molecular flexibility index (Phi) is 10.2. The van der Waals surface area contributed by atoms with E-state index in [-0.39, 0.29) is 6.61 Å². The molecule has 2 heterocycles. The molecule has 1 aromatic carbocycles. The fraction of sp³-hybridized carbons (Fsp3) is 0.560. The third-order valence-corrected chi connectivity index (χ3v) is 5.68. The maximum atomic E-state index is 10.6. The first-order chi connectivity index (χ1) is 15.7. The lowest BCUT2D eigenvalue weighted by Gasteiger charge is -2.29. The molecule has 0 amide bonds. The predicted molar refractivity (Wildman–Crippen MR) is 127 cm³/mol. The minimum absolute atomic E-state index is 0.279. The number of piperidine rings is 1. The highest BCUT2D eigenvalue weighted by Crippen LogP contribution is 2.33. The van der Waals surface area contributed by atoms with Gasteiger partial charge in [0.1, 0.15) is 5.69 Å². The van der Waals surface area contributed by atoms with Gasteiger partial charge >= 0.3 is 0 Å². The van der Waals surface area contributed by atoms with Gasteiger partial charge in [-0.1, -0.05) is 41.6 Å². The molecule has 176 valence electrons. The minimum Gasteiger partial charge on any atom is -0.389 e. The number of aliphatic hydroxyl groups excluding tert-OH is 1. The molecule has 7 heteroatoms. The molecule has 0 bridgehead atoms. The van der Waals surface area contributed by atoms with Crippen molar-refractivity contribution in [3.8, 4) is 11.3 Å². The molecule has 1 atom stereocenters. The van der Waals surface area contributed by atoms with Gasteiger partial charge in [0, 0.05) is 52.0 Å². The Morgan fingerprint density at radius 3 is 2.75 bits per heavy atom. The van der Waals surface area contributed by atoms with E-state index in [0.29, 0.717) is 26.3 Å². The molecule has 0 radical (unpaired) electrons. The number of nitrogens with zero attached hydrogens (tertiary/aromatic N) is 3. The predicted octanol–water partition coefficient (Wildman–Crippen LogP) is 3.73. The Bertz CT molecular complexity index is 790. The minimum atomic E-state index is -0.587. The van der Waals surface area contributed by atoms with E-state index in [0.717, 1.165) is 61.6 Å². The number of aromatic nitrogens is 1. The highest BCUT2D eigenvalue weighted by atomic mass is 16.5. The summed E-state index contributed by atoms with van der Waals surface area (Å²) in [5.41, 5.74) is 3.00. The molecule has 7 nitrogen and oxygen atoms in total. The molecule has 0 saturated carbocycles. The number of methoxy groups -OCH3 is 1. The summed E-state index contributed by atoms with van der Waals surface area (Å²) in [6.45, 7) is 8.95. The van der Waals surface area contributed by atoms with Crippen molar-refractivity contribution in [3.63, 3.8) is 0 Å². The first-order valence-corrected chi connectivity index (χ1v) is 11.6. The standard InChI is InChI=1S/C25H37N3O4/c1-3-16-31-20-22(29)18-27(13-10-17-30-2)19-23-24(21-11-6-4-7-12-21)26-32-25(23)28-14-8-5-9-15-28/h3-4,6-7,11-12,22,29H,1,5,8-10,13-20H2,2H3/t22-/m1/s1. The first kappa shape index (κ1) is 24.5. The van der Waals surface area contributed by atoms with Gasteiger partial charge in [0.05, 0.1) is 24.9 Å². The Labute approximate surface area is 191 Å². The molecule has 1 aromatic heterocycles. The maximum absolute atomic E-state index is 10.6. The summed E-state index contributed by atoms with van der Waals surface area (Å²) in [6, 6.07) is 10.2. The molecule has 32 heavy (non-hydrogen) atoms. The van der Waals surface area contributed by atoms with Crippen LogP contribution in [0.2, 0.25) is 0 Å². The van der Waals surface area contributed by atoms with E-state index in [2.05, 4.69) is 33.7 Å². The Morgan fingerprint density at radius 1 is 1.25 bits per heavy atom. The van der Waals surface area contributed by atoms with Crippen molar-refractivity contribution in [2.24, 2.45) is 0 Å². The largest absolute Gasteiger partial charge is 0.389 e. The summed E-state index contributed by atoms with van der Waals surface area (Å²) in [4.78, 5) is 4.56. The monoisotopic (exact) mass is 443 g/mol. The highest BCUT2D eigenvalue weighted by molar-refractivity contribution is 5.68. The molecule has 1 fully saturated rings. The van der Waals surface area contributed by atoms with Crippen LogP contribution < -0.4 is 4.90 Å². The van der Waals surface area contributed by atoms with Crippen molar-refractivity contribution in [1.29, 1.82) is 0 Å². The van der Waals surface area contributed by atoms with Gasteiger partial charge in [-0.3, -0.25) is 4.90 Å². The summed E-state index contributed by atoms with van der Waals surface area (Å²) >= 11 is 0. The fourth-order valence-corrected chi connectivity index (χ4v) is 4.14. The average Bonchev–Trinajstić information content (AvgIpc) is 3.24. The highest BCUT2D eigenvalue weighted by Gasteiger charge is 2.26. The maximum Gasteiger partial charge on any atom is 0.232 e. The molecule has 0 spiro atoms. The van der Waals surface area contributed by atoms with Crippen LogP contribution in [0.25, 0.3) is 11.3 Å². The number of hydrogen-bond donors (Lipinski definition) is 1. The summed E-state index contributed by atoms with van der Waals surface area (Å²) in [5, 5.41) is 15.0. The number of ether oxygens (including phenoxy) is 2. The average molecular weight is 444 g/mol. The lowest BCUT2D eigenvalue weighted by Crippen LogP contribution is -2.36. The van der Waals surface area contributed by atoms with E-state index in [4.69, 9.17) is 14.0 Å². The van der Waals surface area contributed by atoms with E-state index in [1.807, 2.05) is 18.2 Å². The van der Waals surface area contributed by atoms with Gasteiger partial charge in [-0.25, -0.2) is 0 Å². The van der Waals surface area contributed by atoms with Gasteiger partial charge in [-0.05, 0) is 25.7 Å². The second-order valence-corrected chi connectivity index (χ2v) is 8.29. The smallest absolute Gasteiger partial charge is 0.232 e. The normalized spacial score (nSPS) is 15.3. The molecule has 1 N–H and O–H groups in total. The van der Waals surface area contributed by atoms with Gasteiger partial charge < -0.3 is 24.0 Å². The molecular weight excluding hydrogens is 406 g/mol. The molecule has 2 aromatic rings. The van der Waals surface area contributed by atoms with Crippen LogP contribution in [-0.4, -0.2) is 74.4 Å². The van der Waals surface area contributed by atoms with Crippen molar-refractivity contribution in [1.82, 2.24) is 10.1 Å². The van der Waals surface area contributed by atoms with Crippen LogP contribution in [0.1, 0.15) is 31.2 Å². The van der Waals surface area contributed by atoms with Gasteiger partial charge in [0.25, 0.3) is 0 Å². The zero-order valence-corrected chi connectivity index (χ0v) is 19.2. The summed E-state index contributed by atoms with van der Waals surface area (Å²) in [6.07, 6.45) is 5.57. The van der Waals surface area contributed by atoms with E-state index < -0.39 is 6.10 Å². The van der Waals surface area contributed by atoms with Gasteiger partial charge in [-0.15, -0.1) is 6.58 Å². The van der Waals surface area contributed by atoms with Crippen molar-refractivity contribution in [2.45, 2.75) is 38.3 Å². The van der Waals surface area contributed by atoms with Crippen molar-refractivity contribution in [3.05, 3.63) is 48.6 Å². The van der Waals surface area contributed by atoms with E-state index in [9.17, 15) is 5.11 Å². The first-order valence-electron chi connectivity index (χ1n) is 11.6. The lowest BCUT2D eigenvalue weighted by atomic mass is 10.1. The van der Waals surface area contributed by atoms with E-state index >= 15 is 0 Å².